The molecule has 1 saturated carbocycles. The van der Waals surface area contributed by atoms with Crippen molar-refractivity contribution >= 4 is 5.78 Å². The third-order valence-electron chi connectivity index (χ3n) is 3.46. The zero-order valence-electron chi connectivity index (χ0n) is 10.1. The van der Waals surface area contributed by atoms with E-state index in [-0.39, 0.29) is 11.7 Å². The van der Waals surface area contributed by atoms with E-state index in [0.29, 0.717) is 12.3 Å². The molecule has 17 heavy (non-hydrogen) atoms. The number of carbonyl (C=O) groups excluding carboxylic acids is 1. The summed E-state index contributed by atoms with van der Waals surface area (Å²) in [5, 5.41) is 8.99. The van der Waals surface area contributed by atoms with E-state index in [1.165, 1.54) is 5.56 Å². The van der Waals surface area contributed by atoms with E-state index >= 15 is 0 Å². The maximum atomic E-state index is 12.1. The molecule has 1 aromatic rings. The molecule has 1 aliphatic rings. The summed E-state index contributed by atoms with van der Waals surface area (Å²) in [4.78, 5) is 12.1. The SMILES string of the molecule is CCCC(C#N)C(=O)C1CC1c1ccccc1. The monoisotopic (exact) mass is 227 g/mol. The lowest BCUT2D eigenvalue weighted by Gasteiger charge is -2.06. The van der Waals surface area contributed by atoms with Gasteiger partial charge in [-0.05, 0) is 24.3 Å². The number of hydrogen-bond donors (Lipinski definition) is 0. The summed E-state index contributed by atoms with van der Waals surface area (Å²) in [7, 11) is 0. The van der Waals surface area contributed by atoms with Gasteiger partial charge in [0.25, 0.3) is 0 Å². The Morgan fingerprint density at radius 2 is 2.18 bits per heavy atom. The molecule has 2 heteroatoms. The Hall–Kier alpha value is -1.62. The van der Waals surface area contributed by atoms with Crippen LogP contribution in [-0.2, 0) is 4.79 Å². The third kappa shape index (κ3) is 2.55. The molecule has 0 aliphatic heterocycles. The highest BCUT2D eigenvalue weighted by Crippen LogP contribution is 2.49. The van der Waals surface area contributed by atoms with E-state index in [2.05, 4.69) is 18.2 Å². The number of nitriles is 1. The molecule has 2 nitrogen and oxygen atoms in total. The Balaban J connectivity index is 1.99. The molecule has 0 spiro atoms. The van der Waals surface area contributed by atoms with Gasteiger partial charge in [-0.25, -0.2) is 0 Å². The van der Waals surface area contributed by atoms with Gasteiger partial charge in [0.15, 0.2) is 5.78 Å². The predicted molar refractivity (Wildman–Crippen MR) is 66.3 cm³/mol. The number of carbonyl (C=O) groups is 1. The summed E-state index contributed by atoms with van der Waals surface area (Å²) >= 11 is 0. The molecule has 3 atom stereocenters. The van der Waals surface area contributed by atoms with Crippen LogP contribution < -0.4 is 0 Å². The van der Waals surface area contributed by atoms with Gasteiger partial charge in [-0.1, -0.05) is 43.7 Å². The van der Waals surface area contributed by atoms with Crippen molar-refractivity contribution in [2.75, 3.05) is 0 Å². The van der Waals surface area contributed by atoms with E-state index in [9.17, 15) is 4.79 Å². The van der Waals surface area contributed by atoms with E-state index < -0.39 is 5.92 Å². The van der Waals surface area contributed by atoms with E-state index in [0.717, 1.165) is 12.8 Å². The van der Waals surface area contributed by atoms with Crippen molar-refractivity contribution in [3.8, 4) is 6.07 Å². The van der Waals surface area contributed by atoms with Gasteiger partial charge in [0, 0.05) is 5.92 Å². The Morgan fingerprint density at radius 3 is 2.76 bits per heavy atom. The lowest BCUT2D eigenvalue weighted by molar-refractivity contribution is -0.122. The molecule has 0 amide bonds. The maximum absolute atomic E-state index is 12.1. The first-order valence-corrected chi connectivity index (χ1v) is 6.26. The van der Waals surface area contributed by atoms with Gasteiger partial charge in [-0.2, -0.15) is 5.26 Å². The van der Waals surface area contributed by atoms with E-state index in [1.807, 2.05) is 25.1 Å². The molecule has 0 bridgehead atoms. The zero-order chi connectivity index (χ0) is 12.3. The van der Waals surface area contributed by atoms with Gasteiger partial charge in [0.05, 0.1) is 6.07 Å². The molecule has 0 saturated heterocycles. The van der Waals surface area contributed by atoms with E-state index in [4.69, 9.17) is 5.26 Å². The van der Waals surface area contributed by atoms with Crippen molar-refractivity contribution in [2.24, 2.45) is 11.8 Å². The van der Waals surface area contributed by atoms with E-state index in [1.54, 1.807) is 0 Å². The second-order valence-electron chi connectivity index (χ2n) is 4.73. The number of Topliss-reactive ketones (excluding diaryl/α,β-unsaturated/α-hetero) is 1. The molecule has 0 aromatic heterocycles. The molecule has 2 rings (SSSR count). The van der Waals surface area contributed by atoms with Crippen LogP contribution in [0.5, 0.6) is 0 Å². The Labute approximate surface area is 102 Å². The Bertz CT molecular complexity index is 432. The molecule has 0 heterocycles. The topological polar surface area (TPSA) is 40.9 Å². The summed E-state index contributed by atoms with van der Waals surface area (Å²) in [6.45, 7) is 2.01. The first-order chi connectivity index (χ1) is 8.27. The lowest BCUT2D eigenvalue weighted by atomic mass is 9.95. The predicted octanol–water partition coefficient (Wildman–Crippen LogP) is 3.30. The van der Waals surface area contributed by atoms with Crippen LogP contribution in [0.15, 0.2) is 30.3 Å². The van der Waals surface area contributed by atoms with Gasteiger partial charge in [-0.3, -0.25) is 4.79 Å². The Kier molecular flexibility index (Phi) is 3.58. The molecular formula is C15H17NO. The third-order valence-corrected chi connectivity index (χ3v) is 3.46. The van der Waals surface area contributed by atoms with Gasteiger partial charge >= 0.3 is 0 Å². The lowest BCUT2D eigenvalue weighted by Crippen LogP contribution is -2.15. The minimum absolute atomic E-state index is 0.0913. The summed E-state index contributed by atoms with van der Waals surface area (Å²) in [5.41, 5.74) is 1.24. The van der Waals surface area contributed by atoms with Crippen LogP contribution >= 0.6 is 0 Å². The quantitative estimate of drug-likeness (QED) is 0.774. The van der Waals surface area contributed by atoms with Crippen LogP contribution in [0.25, 0.3) is 0 Å². The number of rotatable bonds is 5. The molecule has 0 radical (unpaired) electrons. The number of ketones is 1. The number of benzene rings is 1. The van der Waals surface area contributed by atoms with Gasteiger partial charge < -0.3 is 0 Å². The van der Waals surface area contributed by atoms with Crippen LogP contribution in [0.2, 0.25) is 0 Å². The van der Waals surface area contributed by atoms with Gasteiger partial charge in [-0.15, -0.1) is 0 Å². The van der Waals surface area contributed by atoms with Gasteiger partial charge in [0.1, 0.15) is 5.92 Å². The summed E-state index contributed by atoms with van der Waals surface area (Å²) in [5.74, 6) is 0.215. The molecule has 88 valence electrons. The standard InChI is InChI=1S/C15H17NO/c1-2-6-12(10-16)15(17)14-9-13(14)11-7-4-3-5-8-11/h3-5,7-8,12-14H,2,6,9H2,1H3. The van der Waals surface area contributed by atoms with Crippen LogP contribution in [0.1, 0.15) is 37.7 Å². The summed E-state index contributed by atoms with van der Waals surface area (Å²) in [6, 6.07) is 12.3. The summed E-state index contributed by atoms with van der Waals surface area (Å²) < 4.78 is 0. The van der Waals surface area contributed by atoms with Crippen molar-refractivity contribution in [1.82, 2.24) is 0 Å². The smallest absolute Gasteiger partial charge is 0.153 e. The highest BCUT2D eigenvalue weighted by molar-refractivity contribution is 5.89. The fraction of sp³-hybridized carbons (Fsp3) is 0.467. The van der Waals surface area contributed by atoms with Crippen molar-refractivity contribution in [1.29, 1.82) is 5.26 Å². The molecule has 1 fully saturated rings. The second kappa shape index (κ2) is 5.14. The second-order valence-corrected chi connectivity index (χ2v) is 4.73. The van der Waals surface area contributed by atoms with Crippen molar-refractivity contribution in [3.05, 3.63) is 35.9 Å². The first kappa shape index (κ1) is 11.9. The highest BCUT2D eigenvalue weighted by atomic mass is 16.1. The van der Waals surface area contributed by atoms with Crippen LogP contribution in [0, 0.1) is 23.2 Å². The van der Waals surface area contributed by atoms with Crippen LogP contribution in [0.3, 0.4) is 0 Å². The summed E-state index contributed by atoms with van der Waals surface area (Å²) in [6.07, 6.45) is 2.52. The normalized spacial score (nSPS) is 23.8. The van der Waals surface area contributed by atoms with Crippen molar-refractivity contribution in [3.63, 3.8) is 0 Å². The number of nitrogens with zero attached hydrogens (tertiary/aromatic N) is 1. The zero-order valence-corrected chi connectivity index (χ0v) is 10.1. The molecule has 3 unspecified atom stereocenters. The average Bonchev–Trinajstić information content (AvgIpc) is 3.16. The fourth-order valence-corrected chi connectivity index (χ4v) is 2.40. The minimum Gasteiger partial charge on any atom is -0.298 e. The molecular weight excluding hydrogens is 210 g/mol. The number of hydrogen-bond acceptors (Lipinski definition) is 2. The molecule has 0 N–H and O–H groups in total. The van der Waals surface area contributed by atoms with Crippen LogP contribution in [0.4, 0.5) is 0 Å². The fourth-order valence-electron chi connectivity index (χ4n) is 2.40. The average molecular weight is 227 g/mol. The maximum Gasteiger partial charge on any atom is 0.153 e. The Morgan fingerprint density at radius 1 is 1.47 bits per heavy atom. The van der Waals surface area contributed by atoms with Crippen molar-refractivity contribution < 1.29 is 4.79 Å². The minimum atomic E-state index is -0.390. The largest absolute Gasteiger partial charge is 0.298 e. The molecule has 1 aromatic carbocycles. The van der Waals surface area contributed by atoms with Gasteiger partial charge in [0.2, 0.25) is 0 Å². The molecule has 1 aliphatic carbocycles. The first-order valence-electron chi connectivity index (χ1n) is 6.26. The highest BCUT2D eigenvalue weighted by Gasteiger charge is 2.45. The van der Waals surface area contributed by atoms with Crippen molar-refractivity contribution in [2.45, 2.75) is 32.1 Å². The van der Waals surface area contributed by atoms with Crippen LogP contribution in [-0.4, -0.2) is 5.78 Å².